The van der Waals surface area contributed by atoms with Gasteiger partial charge in [0.1, 0.15) is 13.2 Å². The van der Waals surface area contributed by atoms with Gasteiger partial charge < -0.3 is 14.2 Å². The second kappa shape index (κ2) is 45.8. The zero-order chi connectivity index (χ0) is 41.5. The van der Waals surface area contributed by atoms with Crippen LogP contribution in [-0.2, 0) is 28.6 Å². The van der Waals surface area contributed by atoms with E-state index in [4.69, 9.17) is 14.2 Å². The quantitative estimate of drug-likeness (QED) is 0.0265. The first-order chi connectivity index (χ1) is 28.0. The minimum atomic E-state index is -0.786. The third kappa shape index (κ3) is 44.1. The van der Waals surface area contributed by atoms with Gasteiger partial charge in [-0.25, -0.2) is 0 Å². The summed E-state index contributed by atoms with van der Waals surface area (Å²) in [6.07, 6.45) is 54.8. The van der Waals surface area contributed by atoms with Gasteiger partial charge in [-0.15, -0.1) is 0 Å². The van der Waals surface area contributed by atoms with E-state index in [9.17, 15) is 14.4 Å². The second-order valence-electron chi connectivity index (χ2n) is 15.8. The molecule has 57 heavy (non-hydrogen) atoms. The Hall–Kier alpha value is -2.89. The molecule has 1 atom stereocenters. The third-order valence-corrected chi connectivity index (χ3v) is 10.2. The van der Waals surface area contributed by atoms with E-state index in [0.29, 0.717) is 19.3 Å². The first-order valence-electron chi connectivity index (χ1n) is 23.9. The molecular weight excluding hydrogens is 709 g/mol. The number of carbonyl (C=O) groups is 3. The predicted molar refractivity (Wildman–Crippen MR) is 242 cm³/mol. The van der Waals surface area contributed by atoms with Gasteiger partial charge in [-0.1, -0.05) is 229 Å². The van der Waals surface area contributed by atoms with Crippen molar-refractivity contribution in [2.24, 2.45) is 0 Å². The molecule has 6 nitrogen and oxygen atoms in total. The lowest BCUT2D eigenvalue weighted by atomic mass is 10.0. The van der Waals surface area contributed by atoms with Crippen molar-refractivity contribution in [3.8, 4) is 0 Å². The molecule has 0 aliphatic carbocycles. The van der Waals surface area contributed by atoms with Crippen LogP contribution in [-0.4, -0.2) is 37.2 Å². The smallest absolute Gasteiger partial charge is 0.306 e. The molecule has 0 aliphatic rings. The van der Waals surface area contributed by atoms with Crippen LogP contribution < -0.4 is 0 Å². The van der Waals surface area contributed by atoms with Crippen LogP contribution in [0.2, 0.25) is 0 Å². The Balaban J connectivity index is 4.45. The number of esters is 3. The Morgan fingerprint density at radius 3 is 1.07 bits per heavy atom. The maximum Gasteiger partial charge on any atom is 0.306 e. The summed E-state index contributed by atoms with van der Waals surface area (Å²) in [6, 6.07) is 0. The predicted octanol–water partition coefficient (Wildman–Crippen LogP) is 15.3. The van der Waals surface area contributed by atoms with Gasteiger partial charge in [0.25, 0.3) is 0 Å². The van der Waals surface area contributed by atoms with E-state index in [0.717, 1.165) is 70.6 Å². The Labute approximate surface area is 351 Å². The lowest BCUT2D eigenvalue weighted by Crippen LogP contribution is -2.30. The van der Waals surface area contributed by atoms with Crippen molar-refractivity contribution < 1.29 is 28.6 Å². The van der Waals surface area contributed by atoms with Crippen molar-refractivity contribution in [3.63, 3.8) is 0 Å². The third-order valence-electron chi connectivity index (χ3n) is 10.2. The fourth-order valence-electron chi connectivity index (χ4n) is 6.58. The van der Waals surface area contributed by atoms with Crippen molar-refractivity contribution in [2.45, 2.75) is 232 Å². The van der Waals surface area contributed by atoms with Gasteiger partial charge in [0.05, 0.1) is 0 Å². The van der Waals surface area contributed by atoms with E-state index < -0.39 is 6.10 Å². The number of carbonyl (C=O) groups excluding carboxylic acids is 3. The Bertz CT molecular complexity index is 1050. The van der Waals surface area contributed by atoms with Gasteiger partial charge in [0, 0.05) is 19.3 Å². The van der Waals surface area contributed by atoms with Crippen LogP contribution in [0.5, 0.6) is 0 Å². The molecule has 6 heteroatoms. The van der Waals surface area contributed by atoms with Gasteiger partial charge in [0.2, 0.25) is 0 Å². The highest BCUT2D eigenvalue weighted by Crippen LogP contribution is 2.15. The zero-order valence-corrected chi connectivity index (χ0v) is 37.3. The molecule has 0 spiro atoms. The number of hydrogen-bond donors (Lipinski definition) is 0. The molecule has 0 aliphatic heterocycles. The zero-order valence-electron chi connectivity index (χ0n) is 37.3. The lowest BCUT2D eigenvalue weighted by molar-refractivity contribution is -0.167. The Morgan fingerprint density at radius 1 is 0.368 bits per heavy atom. The van der Waals surface area contributed by atoms with E-state index >= 15 is 0 Å². The summed E-state index contributed by atoms with van der Waals surface area (Å²) >= 11 is 0. The number of unbranched alkanes of at least 4 members (excludes halogenated alkanes) is 25. The molecule has 0 amide bonds. The molecule has 0 aromatic rings. The molecule has 0 aromatic heterocycles. The number of allylic oxidation sites excluding steroid dienone is 10. The highest BCUT2D eigenvalue weighted by atomic mass is 16.6. The summed E-state index contributed by atoms with van der Waals surface area (Å²) in [7, 11) is 0. The van der Waals surface area contributed by atoms with Gasteiger partial charge in [0.15, 0.2) is 6.10 Å². The van der Waals surface area contributed by atoms with Crippen molar-refractivity contribution in [1.29, 1.82) is 0 Å². The minimum Gasteiger partial charge on any atom is -0.462 e. The molecule has 0 heterocycles. The summed E-state index contributed by atoms with van der Waals surface area (Å²) in [5.74, 6) is -0.927. The molecule has 0 radical (unpaired) electrons. The average molecular weight is 797 g/mol. The molecule has 0 rings (SSSR count). The topological polar surface area (TPSA) is 78.9 Å². The van der Waals surface area contributed by atoms with E-state index in [1.54, 1.807) is 0 Å². The highest BCUT2D eigenvalue weighted by molar-refractivity contribution is 5.71. The van der Waals surface area contributed by atoms with Crippen molar-refractivity contribution in [2.75, 3.05) is 13.2 Å². The average Bonchev–Trinajstić information content (AvgIpc) is 3.21. The Morgan fingerprint density at radius 2 is 0.684 bits per heavy atom. The van der Waals surface area contributed by atoms with E-state index in [2.05, 4.69) is 32.9 Å². The number of rotatable bonds is 42. The minimum absolute atomic E-state index is 0.0852. The Kier molecular flexibility index (Phi) is 43.5. The number of hydrogen-bond acceptors (Lipinski definition) is 6. The lowest BCUT2D eigenvalue weighted by Gasteiger charge is -2.18. The molecule has 0 bridgehead atoms. The molecule has 1 unspecified atom stereocenters. The van der Waals surface area contributed by atoms with Gasteiger partial charge in [-0.2, -0.15) is 0 Å². The van der Waals surface area contributed by atoms with Crippen LogP contribution in [0.15, 0.2) is 60.8 Å². The number of ether oxygens (including phenoxy) is 3. The monoisotopic (exact) mass is 797 g/mol. The first-order valence-corrected chi connectivity index (χ1v) is 23.9. The molecule has 0 N–H and O–H groups in total. The largest absolute Gasteiger partial charge is 0.462 e. The van der Waals surface area contributed by atoms with Crippen LogP contribution >= 0.6 is 0 Å². The van der Waals surface area contributed by atoms with Gasteiger partial charge in [-0.05, 0) is 38.5 Å². The highest BCUT2D eigenvalue weighted by Gasteiger charge is 2.19. The summed E-state index contributed by atoms with van der Waals surface area (Å²) in [4.78, 5) is 37.8. The van der Waals surface area contributed by atoms with Gasteiger partial charge in [-0.3, -0.25) is 14.4 Å². The first kappa shape index (κ1) is 54.1. The second-order valence-corrected chi connectivity index (χ2v) is 15.8. The normalized spacial score (nSPS) is 12.5. The summed E-state index contributed by atoms with van der Waals surface area (Å²) in [5.41, 5.74) is 0. The fourth-order valence-corrected chi connectivity index (χ4v) is 6.58. The summed E-state index contributed by atoms with van der Waals surface area (Å²) in [5, 5.41) is 0. The van der Waals surface area contributed by atoms with Crippen LogP contribution in [0.4, 0.5) is 0 Å². The summed E-state index contributed by atoms with van der Waals surface area (Å²) < 4.78 is 16.7. The molecule has 0 saturated carbocycles. The van der Waals surface area contributed by atoms with Crippen molar-refractivity contribution >= 4 is 17.9 Å². The van der Waals surface area contributed by atoms with Crippen molar-refractivity contribution in [3.05, 3.63) is 60.8 Å². The standard InChI is InChI=1S/C51H88O6/c1-4-7-10-13-16-19-22-25-26-27-30-32-35-38-41-44-50(53)56-47-48(57-51(54)45-42-39-36-33-29-24-21-18-15-12-9-6-3)46-55-49(52)43-40-37-34-31-28-23-20-17-14-11-8-5-2/h7,10,13,16,19,22,25-27,30,48H,4-6,8-9,11-12,14-15,17-18,20-21,23-24,28-29,31-47H2,1-3H3/b10-7-,16-13-,22-19-,26-25-,30-27-. The van der Waals surface area contributed by atoms with E-state index in [1.807, 2.05) is 48.6 Å². The molecule has 328 valence electrons. The van der Waals surface area contributed by atoms with Crippen LogP contribution in [0, 0.1) is 0 Å². The van der Waals surface area contributed by atoms with E-state index in [1.165, 1.54) is 116 Å². The van der Waals surface area contributed by atoms with Gasteiger partial charge >= 0.3 is 17.9 Å². The molecule has 0 saturated heterocycles. The SMILES string of the molecule is CC\C=C/C=C\C=C/C=C\C=C/CCCCCC(=O)OCC(COC(=O)CCCCCCCCCCCCCC)OC(=O)CCCCCCCCCCCCCC. The van der Waals surface area contributed by atoms with Crippen LogP contribution in [0.1, 0.15) is 226 Å². The summed E-state index contributed by atoms with van der Waals surface area (Å²) in [6.45, 7) is 6.45. The molecule has 0 fully saturated rings. The van der Waals surface area contributed by atoms with E-state index in [-0.39, 0.29) is 31.1 Å². The fraction of sp³-hybridized carbons (Fsp3) is 0.745. The maximum absolute atomic E-state index is 12.7. The van der Waals surface area contributed by atoms with Crippen LogP contribution in [0.3, 0.4) is 0 Å². The molecular formula is C51H88O6. The molecule has 0 aromatic carbocycles. The van der Waals surface area contributed by atoms with Crippen LogP contribution in [0.25, 0.3) is 0 Å². The maximum atomic E-state index is 12.7. The van der Waals surface area contributed by atoms with Crippen molar-refractivity contribution in [1.82, 2.24) is 0 Å².